The van der Waals surface area contributed by atoms with E-state index < -0.39 is 5.91 Å². The zero-order valence-corrected chi connectivity index (χ0v) is 14.4. The molecular formula is C18H15N3O3S. The first-order valence-electron chi connectivity index (χ1n) is 8.05. The van der Waals surface area contributed by atoms with Crippen molar-refractivity contribution in [2.24, 2.45) is 0 Å². The Morgan fingerprint density at radius 1 is 1.08 bits per heavy atom. The monoisotopic (exact) mass is 353 g/mol. The molecule has 0 bridgehead atoms. The second-order valence-electron chi connectivity index (χ2n) is 5.92. The lowest BCUT2D eigenvalue weighted by molar-refractivity contribution is 0.0641. The molecule has 1 aliphatic heterocycles. The van der Waals surface area contributed by atoms with E-state index in [4.69, 9.17) is 0 Å². The summed E-state index contributed by atoms with van der Waals surface area (Å²) in [6.45, 7) is 2.20. The molecule has 0 radical (unpaired) electrons. The van der Waals surface area contributed by atoms with E-state index in [0.717, 1.165) is 23.3 Å². The minimum atomic E-state index is -0.442. The molecule has 1 aromatic carbocycles. The third-order valence-corrected chi connectivity index (χ3v) is 5.18. The molecule has 4 rings (SSSR count). The number of imide groups is 1. The Bertz CT molecular complexity index is 1050. The Balaban J connectivity index is 1.78. The summed E-state index contributed by atoms with van der Waals surface area (Å²) < 4.78 is 1.27. The zero-order chi connectivity index (χ0) is 17.6. The number of fused-ring (bicyclic) bond motifs is 3. The van der Waals surface area contributed by atoms with Gasteiger partial charge in [0.25, 0.3) is 17.4 Å². The van der Waals surface area contributed by atoms with Crippen LogP contribution in [0.1, 0.15) is 44.8 Å². The maximum absolute atomic E-state index is 12.8. The fourth-order valence-electron chi connectivity index (χ4n) is 3.00. The van der Waals surface area contributed by atoms with Crippen molar-refractivity contribution in [2.45, 2.75) is 26.3 Å². The van der Waals surface area contributed by atoms with Gasteiger partial charge in [-0.3, -0.25) is 19.3 Å². The molecule has 7 heteroatoms. The van der Waals surface area contributed by atoms with E-state index in [1.54, 1.807) is 0 Å². The smallest absolute Gasteiger partial charge is 0.269 e. The summed E-state index contributed by atoms with van der Waals surface area (Å²) in [7, 11) is 0. The molecule has 0 aliphatic carbocycles. The molecule has 2 aromatic heterocycles. The molecule has 126 valence electrons. The van der Waals surface area contributed by atoms with Gasteiger partial charge in [0.2, 0.25) is 0 Å². The number of nitrogens with zero attached hydrogens (tertiary/aromatic N) is 3. The van der Waals surface area contributed by atoms with Crippen molar-refractivity contribution in [1.82, 2.24) is 14.3 Å². The lowest BCUT2D eigenvalue weighted by atomic mass is 10.2. The Labute approximate surface area is 147 Å². The number of rotatable bonds is 4. The van der Waals surface area contributed by atoms with Gasteiger partial charge in [-0.2, -0.15) is 0 Å². The van der Waals surface area contributed by atoms with Gasteiger partial charge >= 0.3 is 0 Å². The highest BCUT2D eigenvalue weighted by atomic mass is 32.1. The van der Waals surface area contributed by atoms with Crippen LogP contribution in [0.15, 0.2) is 41.2 Å². The highest BCUT2D eigenvalue weighted by molar-refractivity contribution is 7.19. The van der Waals surface area contributed by atoms with Crippen molar-refractivity contribution in [3.63, 3.8) is 0 Å². The molecule has 1 aliphatic rings. The van der Waals surface area contributed by atoms with Crippen LogP contribution in [-0.2, 0) is 13.0 Å². The summed E-state index contributed by atoms with van der Waals surface area (Å²) >= 11 is 1.11. The lowest BCUT2D eigenvalue weighted by Gasteiger charge is -2.14. The van der Waals surface area contributed by atoms with Crippen molar-refractivity contribution in [2.75, 3.05) is 0 Å². The fourth-order valence-corrected chi connectivity index (χ4v) is 4.09. The normalized spacial score (nSPS) is 13.7. The van der Waals surface area contributed by atoms with Gasteiger partial charge in [-0.25, -0.2) is 9.38 Å². The quantitative estimate of drug-likeness (QED) is 0.676. The van der Waals surface area contributed by atoms with E-state index in [1.165, 1.54) is 15.4 Å². The maximum Gasteiger partial charge on any atom is 0.279 e. The topological polar surface area (TPSA) is 71.8 Å². The predicted octanol–water partition coefficient (Wildman–Crippen LogP) is 2.50. The number of thiazole rings is 1. The molecule has 6 nitrogen and oxygen atoms in total. The van der Waals surface area contributed by atoms with E-state index in [2.05, 4.69) is 4.98 Å². The standard InChI is InChI=1S/C18H15N3O3S/c1-2-6-12-9-13(22)21-14-15(25-18(21)19-12)17(24)20(16(14)23)10-11-7-4-3-5-8-11/h3-5,7-9H,2,6,10H2,1H3. The average Bonchev–Trinajstić information content (AvgIpc) is 3.08. The molecule has 25 heavy (non-hydrogen) atoms. The third-order valence-electron chi connectivity index (χ3n) is 4.15. The van der Waals surface area contributed by atoms with Crippen LogP contribution in [0.4, 0.5) is 0 Å². The molecule has 0 atom stereocenters. The molecular weight excluding hydrogens is 338 g/mol. The van der Waals surface area contributed by atoms with E-state index in [0.29, 0.717) is 22.0 Å². The van der Waals surface area contributed by atoms with Crippen molar-refractivity contribution >= 4 is 28.1 Å². The first-order chi connectivity index (χ1) is 12.1. The third kappa shape index (κ3) is 2.47. The molecule has 0 spiro atoms. The summed E-state index contributed by atoms with van der Waals surface area (Å²) in [5.41, 5.74) is 1.38. The number of carbonyl (C=O) groups excluding carboxylic acids is 2. The van der Waals surface area contributed by atoms with Crippen LogP contribution >= 0.6 is 11.3 Å². The van der Waals surface area contributed by atoms with Crippen LogP contribution in [-0.4, -0.2) is 26.1 Å². The molecule has 0 unspecified atom stereocenters. The number of benzene rings is 1. The summed E-state index contributed by atoms with van der Waals surface area (Å²) in [6, 6.07) is 10.7. The molecule has 0 N–H and O–H groups in total. The number of amides is 2. The average molecular weight is 353 g/mol. The Hall–Kier alpha value is -2.80. The SMILES string of the molecule is CCCc1cc(=O)n2c3c(sc2n1)C(=O)N(Cc1ccccc1)C3=O. The van der Waals surface area contributed by atoms with Gasteiger partial charge in [0.1, 0.15) is 10.6 Å². The highest BCUT2D eigenvalue weighted by Gasteiger charge is 2.40. The van der Waals surface area contributed by atoms with Gasteiger partial charge in [-0.15, -0.1) is 0 Å². The molecule has 2 amide bonds. The van der Waals surface area contributed by atoms with Crippen LogP contribution in [0.3, 0.4) is 0 Å². The van der Waals surface area contributed by atoms with Crippen molar-refractivity contribution in [3.8, 4) is 0 Å². The first-order valence-corrected chi connectivity index (χ1v) is 8.87. The second-order valence-corrected chi connectivity index (χ2v) is 6.89. The minimum Gasteiger partial charge on any atom is -0.269 e. The predicted molar refractivity (Wildman–Crippen MR) is 94.0 cm³/mol. The number of hydrogen-bond acceptors (Lipinski definition) is 5. The maximum atomic E-state index is 12.8. The summed E-state index contributed by atoms with van der Waals surface area (Å²) in [6.07, 6.45) is 1.56. The molecule has 0 fully saturated rings. The second kappa shape index (κ2) is 5.93. The van der Waals surface area contributed by atoms with Gasteiger partial charge in [0.15, 0.2) is 4.96 Å². The van der Waals surface area contributed by atoms with Crippen molar-refractivity contribution < 1.29 is 9.59 Å². The molecule has 0 saturated heterocycles. The van der Waals surface area contributed by atoms with Crippen LogP contribution in [0, 0.1) is 0 Å². The Morgan fingerprint density at radius 3 is 2.56 bits per heavy atom. The van der Waals surface area contributed by atoms with E-state index >= 15 is 0 Å². The minimum absolute atomic E-state index is 0.140. The first kappa shape index (κ1) is 15.7. The van der Waals surface area contributed by atoms with Gasteiger partial charge in [-0.05, 0) is 12.0 Å². The lowest BCUT2D eigenvalue weighted by Crippen LogP contribution is -2.30. The van der Waals surface area contributed by atoms with Gasteiger partial charge in [-0.1, -0.05) is 55.0 Å². The van der Waals surface area contributed by atoms with Gasteiger partial charge in [0.05, 0.1) is 6.54 Å². The number of hydrogen-bond donors (Lipinski definition) is 0. The van der Waals surface area contributed by atoms with E-state index in [1.807, 2.05) is 37.3 Å². The van der Waals surface area contributed by atoms with Gasteiger partial charge < -0.3 is 0 Å². The van der Waals surface area contributed by atoms with Crippen LogP contribution in [0.25, 0.3) is 4.96 Å². The van der Waals surface area contributed by atoms with E-state index in [-0.39, 0.29) is 23.7 Å². The van der Waals surface area contributed by atoms with Crippen molar-refractivity contribution in [3.05, 3.63) is 68.6 Å². The summed E-state index contributed by atoms with van der Waals surface area (Å²) in [5.74, 6) is -0.807. The highest BCUT2D eigenvalue weighted by Crippen LogP contribution is 2.30. The molecule has 0 saturated carbocycles. The summed E-state index contributed by atoms with van der Waals surface area (Å²) in [5, 5.41) is 0. The Kier molecular flexibility index (Phi) is 3.73. The number of aromatic nitrogens is 2. The number of aryl methyl sites for hydroxylation is 1. The summed E-state index contributed by atoms with van der Waals surface area (Å²) in [4.78, 5) is 44.2. The van der Waals surface area contributed by atoms with Crippen LogP contribution < -0.4 is 5.56 Å². The fraction of sp³-hybridized carbons (Fsp3) is 0.222. The van der Waals surface area contributed by atoms with E-state index in [9.17, 15) is 14.4 Å². The molecule has 3 heterocycles. The van der Waals surface area contributed by atoms with Gasteiger partial charge in [0, 0.05) is 11.8 Å². The largest absolute Gasteiger partial charge is 0.279 e. The zero-order valence-electron chi connectivity index (χ0n) is 13.6. The molecule has 3 aromatic rings. The Morgan fingerprint density at radius 2 is 1.84 bits per heavy atom. The van der Waals surface area contributed by atoms with Crippen LogP contribution in [0.2, 0.25) is 0 Å². The number of carbonyl (C=O) groups is 2. The van der Waals surface area contributed by atoms with Crippen LogP contribution in [0.5, 0.6) is 0 Å². The van der Waals surface area contributed by atoms with Crippen molar-refractivity contribution in [1.29, 1.82) is 0 Å².